The molecule has 1 aromatic carbocycles. The van der Waals surface area contributed by atoms with Crippen molar-refractivity contribution in [2.45, 2.75) is 51.1 Å². The molecule has 2 aromatic rings. The van der Waals surface area contributed by atoms with Crippen molar-refractivity contribution in [2.75, 3.05) is 13.7 Å². The number of ketones is 1. The van der Waals surface area contributed by atoms with Crippen molar-refractivity contribution < 1.29 is 27.5 Å². The first kappa shape index (κ1) is 22.0. The van der Waals surface area contributed by atoms with E-state index in [0.29, 0.717) is 5.56 Å². The lowest BCUT2D eigenvalue weighted by atomic mass is 10.1. The summed E-state index contributed by atoms with van der Waals surface area (Å²) < 4.78 is 40.0. The zero-order chi connectivity index (χ0) is 22.1. The van der Waals surface area contributed by atoms with Crippen LogP contribution in [0.25, 0.3) is 0 Å². The number of hydrogen-bond acceptors (Lipinski definition) is 6. The Labute approximate surface area is 176 Å². The van der Waals surface area contributed by atoms with Crippen molar-refractivity contribution in [3.63, 3.8) is 0 Å². The molecule has 1 saturated carbocycles. The summed E-state index contributed by atoms with van der Waals surface area (Å²) in [6.45, 7) is 6.05. The van der Waals surface area contributed by atoms with Gasteiger partial charge in [-0.05, 0) is 57.9 Å². The number of nitrogens with zero attached hydrogens (tertiary/aromatic N) is 1. The van der Waals surface area contributed by atoms with E-state index >= 15 is 0 Å². The zero-order valence-corrected chi connectivity index (χ0v) is 18.3. The predicted molar refractivity (Wildman–Crippen MR) is 111 cm³/mol. The van der Waals surface area contributed by atoms with Gasteiger partial charge in [-0.1, -0.05) is 0 Å². The molecule has 1 fully saturated rings. The fourth-order valence-electron chi connectivity index (χ4n) is 3.36. The Kier molecular flexibility index (Phi) is 6.33. The lowest BCUT2D eigenvalue weighted by molar-refractivity contribution is 0.0474. The van der Waals surface area contributed by atoms with Crippen LogP contribution < -0.4 is 9.46 Å². The number of benzene rings is 1. The quantitative estimate of drug-likeness (QED) is 0.481. The molecule has 0 saturated heterocycles. The van der Waals surface area contributed by atoms with E-state index in [4.69, 9.17) is 9.47 Å². The van der Waals surface area contributed by atoms with Crippen molar-refractivity contribution in [1.82, 2.24) is 9.29 Å². The molecule has 1 aliphatic rings. The molecule has 1 aromatic heterocycles. The topological polar surface area (TPSA) is 104 Å². The molecule has 0 spiro atoms. The summed E-state index contributed by atoms with van der Waals surface area (Å²) in [7, 11) is -2.48. The molecule has 0 aliphatic heterocycles. The van der Waals surface area contributed by atoms with E-state index in [9.17, 15) is 18.0 Å². The molecule has 1 aliphatic carbocycles. The summed E-state index contributed by atoms with van der Waals surface area (Å²) in [6, 6.07) is 5.70. The van der Waals surface area contributed by atoms with Gasteiger partial charge in [-0.25, -0.2) is 17.9 Å². The first-order chi connectivity index (χ1) is 14.2. The summed E-state index contributed by atoms with van der Waals surface area (Å²) >= 11 is 0. The molecular weight excluding hydrogens is 408 g/mol. The number of carbonyl (C=O) groups is 2. The zero-order valence-electron chi connectivity index (χ0n) is 17.5. The molecule has 162 valence electrons. The van der Waals surface area contributed by atoms with Gasteiger partial charge in [0.15, 0.2) is 6.61 Å². The molecule has 0 bridgehead atoms. The first-order valence-corrected chi connectivity index (χ1v) is 11.2. The molecule has 9 heteroatoms. The predicted octanol–water partition coefficient (Wildman–Crippen LogP) is 2.61. The fourth-order valence-corrected chi connectivity index (χ4v) is 4.86. The van der Waals surface area contributed by atoms with Gasteiger partial charge in [0, 0.05) is 29.5 Å². The number of carbonyl (C=O) groups excluding carboxylic acids is 2. The summed E-state index contributed by atoms with van der Waals surface area (Å²) in [6.07, 6.45) is 1.56. The van der Waals surface area contributed by atoms with Gasteiger partial charge in [0.1, 0.15) is 10.6 Å². The maximum atomic E-state index is 12.6. The number of Topliss-reactive ketones (excluding diaryl/α,β-unsaturated/α-hetero) is 1. The van der Waals surface area contributed by atoms with E-state index in [2.05, 4.69) is 4.72 Å². The number of aromatic nitrogens is 1. The number of nitrogens with one attached hydrogen (secondary N) is 1. The molecule has 0 atom stereocenters. The maximum absolute atomic E-state index is 12.6. The monoisotopic (exact) mass is 434 g/mol. The van der Waals surface area contributed by atoms with Crippen molar-refractivity contribution in [3.05, 3.63) is 46.8 Å². The van der Waals surface area contributed by atoms with Crippen molar-refractivity contribution in [1.29, 1.82) is 0 Å². The largest absolute Gasteiger partial charge is 0.495 e. The highest BCUT2D eigenvalue weighted by Gasteiger charge is 2.30. The highest BCUT2D eigenvalue weighted by molar-refractivity contribution is 7.89. The van der Waals surface area contributed by atoms with Crippen LogP contribution in [0.15, 0.2) is 29.2 Å². The van der Waals surface area contributed by atoms with Crippen LogP contribution in [0.2, 0.25) is 0 Å². The molecule has 1 N–H and O–H groups in total. The van der Waals surface area contributed by atoms with Gasteiger partial charge in [0.05, 0.1) is 12.7 Å². The van der Waals surface area contributed by atoms with Gasteiger partial charge in [0.2, 0.25) is 15.8 Å². The van der Waals surface area contributed by atoms with Crippen LogP contribution in [0.4, 0.5) is 0 Å². The number of esters is 1. The number of rotatable bonds is 9. The van der Waals surface area contributed by atoms with E-state index < -0.39 is 22.6 Å². The Balaban J connectivity index is 1.75. The smallest absolute Gasteiger partial charge is 0.338 e. The van der Waals surface area contributed by atoms with Crippen molar-refractivity contribution in [3.8, 4) is 5.75 Å². The van der Waals surface area contributed by atoms with Crippen LogP contribution in [0.3, 0.4) is 0 Å². The molecule has 0 amide bonds. The van der Waals surface area contributed by atoms with Crippen LogP contribution >= 0.6 is 0 Å². The van der Waals surface area contributed by atoms with Gasteiger partial charge in [0.25, 0.3) is 0 Å². The molecule has 8 nitrogen and oxygen atoms in total. The van der Waals surface area contributed by atoms with Crippen LogP contribution in [0.5, 0.6) is 5.75 Å². The average molecular weight is 435 g/mol. The minimum atomic E-state index is -3.83. The van der Waals surface area contributed by atoms with Crippen molar-refractivity contribution in [2.24, 2.45) is 0 Å². The summed E-state index contributed by atoms with van der Waals surface area (Å²) in [5.74, 6) is -0.964. The summed E-state index contributed by atoms with van der Waals surface area (Å²) in [5, 5.41) is 0. The van der Waals surface area contributed by atoms with Crippen LogP contribution in [-0.4, -0.2) is 44.5 Å². The Bertz CT molecular complexity index is 1080. The molecular formula is C21H26N2O6S. The summed E-state index contributed by atoms with van der Waals surface area (Å²) in [5.41, 5.74) is 2.31. The number of methoxy groups -OCH3 is 1. The van der Waals surface area contributed by atoms with E-state index in [-0.39, 0.29) is 28.0 Å². The van der Waals surface area contributed by atoms with Gasteiger partial charge < -0.3 is 14.0 Å². The van der Waals surface area contributed by atoms with Gasteiger partial charge >= 0.3 is 5.97 Å². The van der Waals surface area contributed by atoms with Crippen LogP contribution in [0, 0.1) is 13.8 Å². The van der Waals surface area contributed by atoms with Gasteiger partial charge in [-0.2, -0.15) is 0 Å². The van der Waals surface area contributed by atoms with Crippen LogP contribution in [-0.2, 0) is 21.3 Å². The normalized spacial score (nSPS) is 13.9. The number of hydrogen-bond donors (Lipinski definition) is 1. The molecule has 30 heavy (non-hydrogen) atoms. The van der Waals surface area contributed by atoms with E-state index in [1.54, 1.807) is 6.07 Å². The standard InChI is InChI=1S/C21H26N2O6S/c1-5-23-13(2)10-17(14(23)3)18(24)12-29-21(25)15-6-9-19(28-4)20(11-15)30(26,27)22-16-7-8-16/h6,9-11,16,22H,5,7-8,12H2,1-4H3. The third-order valence-corrected chi connectivity index (χ3v) is 6.65. The van der Waals surface area contributed by atoms with Crippen LogP contribution in [0.1, 0.15) is 51.9 Å². The second-order valence-corrected chi connectivity index (χ2v) is 8.97. The second kappa shape index (κ2) is 8.61. The number of ether oxygens (including phenoxy) is 2. The van der Waals surface area contributed by atoms with E-state index in [1.807, 2.05) is 25.3 Å². The lowest BCUT2D eigenvalue weighted by Gasteiger charge is -2.12. The number of sulfonamides is 1. The molecule has 0 unspecified atom stereocenters. The third kappa shape index (κ3) is 4.57. The number of aryl methyl sites for hydroxylation is 1. The molecule has 3 rings (SSSR count). The van der Waals surface area contributed by atoms with Gasteiger partial charge in [-0.15, -0.1) is 0 Å². The second-order valence-electron chi connectivity index (χ2n) is 7.29. The lowest BCUT2D eigenvalue weighted by Crippen LogP contribution is -2.26. The Hall–Kier alpha value is -2.65. The van der Waals surface area contributed by atoms with Gasteiger partial charge in [-0.3, -0.25) is 4.79 Å². The summed E-state index contributed by atoms with van der Waals surface area (Å²) in [4.78, 5) is 24.9. The average Bonchev–Trinajstić information content (AvgIpc) is 3.47. The SMILES string of the molecule is CCn1c(C)cc(C(=O)COC(=O)c2ccc(OC)c(S(=O)(=O)NC3CC3)c2)c1C. The minimum Gasteiger partial charge on any atom is -0.495 e. The first-order valence-electron chi connectivity index (χ1n) is 9.75. The highest BCUT2D eigenvalue weighted by atomic mass is 32.2. The molecule has 1 heterocycles. The molecule has 0 radical (unpaired) electrons. The Morgan fingerprint density at radius 1 is 1.20 bits per heavy atom. The Morgan fingerprint density at radius 2 is 1.90 bits per heavy atom. The minimum absolute atomic E-state index is 0.0267. The third-order valence-electron chi connectivity index (χ3n) is 5.11. The highest BCUT2D eigenvalue weighted by Crippen LogP contribution is 2.28. The van der Waals surface area contributed by atoms with E-state index in [1.165, 1.54) is 25.3 Å². The van der Waals surface area contributed by atoms with E-state index in [0.717, 1.165) is 30.8 Å². The fraction of sp³-hybridized carbons (Fsp3) is 0.429. The maximum Gasteiger partial charge on any atom is 0.338 e. The Morgan fingerprint density at radius 3 is 2.47 bits per heavy atom. The van der Waals surface area contributed by atoms with Crippen molar-refractivity contribution >= 4 is 21.8 Å².